The Kier molecular flexibility index (Phi) is 5.82. The van der Waals surface area contributed by atoms with E-state index in [1.165, 1.54) is 7.11 Å². The third-order valence-electron chi connectivity index (χ3n) is 3.38. The van der Waals surface area contributed by atoms with Crippen LogP contribution in [0.2, 0.25) is 0 Å². The Morgan fingerprint density at radius 2 is 2.12 bits per heavy atom. The summed E-state index contributed by atoms with van der Waals surface area (Å²) in [5.41, 5.74) is -3.15. The van der Waals surface area contributed by atoms with Gasteiger partial charge in [0.1, 0.15) is 0 Å². The standard InChI is InChI=1S/C16H17F3N2O2S/c1-3-10-21-13-7-5-4-6-11(13)12(8-9-20-15(22)23-2)14(21)24-16(17,18)19/h3-7H,1,8-10H2,2H3,(H,20,22). The highest BCUT2D eigenvalue weighted by Gasteiger charge is 2.33. The van der Waals surface area contributed by atoms with Gasteiger partial charge in [-0.05, 0) is 18.1 Å². The molecule has 1 amide bonds. The van der Waals surface area contributed by atoms with Crippen LogP contribution in [0.5, 0.6) is 0 Å². The van der Waals surface area contributed by atoms with Crippen LogP contribution in [0, 0.1) is 0 Å². The number of ether oxygens (including phenoxy) is 1. The van der Waals surface area contributed by atoms with Crippen molar-refractivity contribution in [2.24, 2.45) is 0 Å². The van der Waals surface area contributed by atoms with E-state index in [4.69, 9.17) is 0 Å². The predicted molar refractivity (Wildman–Crippen MR) is 88.2 cm³/mol. The van der Waals surface area contributed by atoms with Gasteiger partial charge >= 0.3 is 11.6 Å². The van der Waals surface area contributed by atoms with Crippen LogP contribution in [0.1, 0.15) is 5.56 Å². The van der Waals surface area contributed by atoms with E-state index in [9.17, 15) is 18.0 Å². The molecule has 0 saturated carbocycles. The molecule has 1 aromatic heterocycles. The highest BCUT2D eigenvalue weighted by molar-refractivity contribution is 8.00. The molecule has 130 valence electrons. The fourth-order valence-corrected chi connectivity index (χ4v) is 3.33. The monoisotopic (exact) mass is 358 g/mol. The second-order valence-corrected chi connectivity index (χ2v) is 5.97. The molecule has 0 spiro atoms. The third-order valence-corrected chi connectivity index (χ3v) is 4.27. The van der Waals surface area contributed by atoms with Crippen LogP contribution in [0.25, 0.3) is 10.9 Å². The smallest absolute Gasteiger partial charge is 0.447 e. The molecule has 0 aliphatic rings. The number of amides is 1. The summed E-state index contributed by atoms with van der Waals surface area (Å²) in [6.45, 7) is 4.07. The molecule has 1 heterocycles. The van der Waals surface area contributed by atoms with Crippen LogP contribution < -0.4 is 5.32 Å². The van der Waals surface area contributed by atoms with Gasteiger partial charge in [0.25, 0.3) is 0 Å². The van der Waals surface area contributed by atoms with Crippen LogP contribution in [0.4, 0.5) is 18.0 Å². The molecule has 0 bridgehead atoms. The number of alkyl halides is 3. The molecule has 0 aliphatic carbocycles. The Morgan fingerprint density at radius 1 is 1.42 bits per heavy atom. The van der Waals surface area contributed by atoms with Crippen LogP contribution >= 0.6 is 11.8 Å². The molecule has 2 rings (SSSR count). The van der Waals surface area contributed by atoms with Gasteiger partial charge in [-0.1, -0.05) is 24.3 Å². The topological polar surface area (TPSA) is 43.3 Å². The summed E-state index contributed by atoms with van der Waals surface area (Å²) in [6, 6.07) is 7.11. The number of rotatable bonds is 6. The van der Waals surface area contributed by atoms with Gasteiger partial charge in [0.15, 0.2) is 0 Å². The number of hydrogen-bond acceptors (Lipinski definition) is 3. The summed E-state index contributed by atoms with van der Waals surface area (Å²) in [4.78, 5) is 11.2. The molecule has 24 heavy (non-hydrogen) atoms. The predicted octanol–water partition coefficient (Wildman–Crippen LogP) is 4.34. The summed E-state index contributed by atoms with van der Waals surface area (Å²) in [6.07, 6.45) is 1.21. The molecule has 0 saturated heterocycles. The zero-order valence-corrected chi connectivity index (χ0v) is 13.8. The van der Waals surface area contributed by atoms with Crippen molar-refractivity contribution in [3.63, 3.8) is 0 Å². The SMILES string of the molecule is C=CCn1c(SC(F)(F)F)c(CCNC(=O)OC)c2ccccc21. The van der Waals surface area contributed by atoms with E-state index >= 15 is 0 Å². The first kappa shape index (κ1) is 18.3. The lowest BCUT2D eigenvalue weighted by atomic mass is 10.1. The minimum Gasteiger partial charge on any atom is -0.453 e. The quantitative estimate of drug-likeness (QED) is 0.617. The molecule has 0 fully saturated rings. The number of aromatic nitrogens is 1. The number of halogens is 3. The number of carbonyl (C=O) groups is 1. The molecule has 4 nitrogen and oxygen atoms in total. The zero-order valence-electron chi connectivity index (χ0n) is 13.0. The number of allylic oxidation sites excluding steroid dienone is 1. The maximum absolute atomic E-state index is 13.0. The molecular formula is C16H17F3N2O2S. The second kappa shape index (κ2) is 7.65. The first-order chi connectivity index (χ1) is 11.4. The van der Waals surface area contributed by atoms with Crippen molar-refractivity contribution in [3.05, 3.63) is 42.5 Å². The van der Waals surface area contributed by atoms with Gasteiger partial charge in [0.05, 0.1) is 12.1 Å². The number of thioether (sulfide) groups is 1. The number of nitrogens with one attached hydrogen (secondary N) is 1. The van der Waals surface area contributed by atoms with Crippen molar-refractivity contribution in [3.8, 4) is 0 Å². The Balaban J connectivity index is 2.46. The Bertz CT molecular complexity index is 741. The molecule has 2 aromatic rings. The minimum atomic E-state index is -4.40. The summed E-state index contributed by atoms with van der Waals surface area (Å²) in [5.74, 6) is 0. The van der Waals surface area contributed by atoms with E-state index in [-0.39, 0.29) is 36.3 Å². The van der Waals surface area contributed by atoms with Crippen LogP contribution in [0.3, 0.4) is 0 Å². The normalized spacial score (nSPS) is 11.5. The van der Waals surface area contributed by atoms with Crippen molar-refractivity contribution in [1.82, 2.24) is 9.88 Å². The van der Waals surface area contributed by atoms with E-state index in [0.29, 0.717) is 11.1 Å². The molecular weight excluding hydrogens is 341 g/mol. The van der Waals surface area contributed by atoms with Gasteiger partial charge in [-0.3, -0.25) is 0 Å². The Labute approximate surface area is 141 Å². The average Bonchev–Trinajstić information content (AvgIpc) is 2.80. The fourth-order valence-electron chi connectivity index (χ4n) is 2.49. The van der Waals surface area contributed by atoms with E-state index in [1.807, 2.05) is 0 Å². The van der Waals surface area contributed by atoms with Gasteiger partial charge in [-0.25, -0.2) is 4.79 Å². The van der Waals surface area contributed by atoms with Gasteiger partial charge in [-0.15, -0.1) is 6.58 Å². The first-order valence-corrected chi connectivity index (χ1v) is 7.97. The number of para-hydroxylation sites is 1. The number of nitrogens with zero attached hydrogens (tertiary/aromatic N) is 1. The number of benzene rings is 1. The number of fused-ring (bicyclic) bond motifs is 1. The number of hydrogen-bond donors (Lipinski definition) is 1. The van der Waals surface area contributed by atoms with E-state index in [0.717, 1.165) is 5.39 Å². The minimum absolute atomic E-state index is 0.121. The molecule has 0 aliphatic heterocycles. The van der Waals surface area contributed by atoms with Crippen molar-refractivity contribution < 1.29 is 22.7 Å². The molecule has 8 heteroatoms. The van der Waals surface area contributed by atoms with Gasteiger partial charge in [0, 0.05) is 35.8 Å². The third kappa shape index (κ3) is 4.25. The van der Waals surface area contributed by atoms with Crippen molar-refractivity contribution in [1.29, 1.82) is 0 Å². The highest BCUT2D eigenvalue weighted by Crippen LogP contribution is 2.42. The molecule has 0 unspecified atom stereocenters. The zero-order chi connectivity index (χ0) is 17.7. The maximum atomic E-state index is 13.0. The fraction of sp³-hybridized carbons (Fsp3) is 0.312. The van der Waals surface area contributed by atoms with E-state index in [2.05, 4.69) is 16.6 Å². The average molecular weight is 358 g/mol. The molecule has 0 atom stereocenters. The van der Waals surface area contributed by atoms with Gasteiger partial charge < -0.3 is 14.6 Å². The first-order valence-electron chi connectivity index (χ1n) is 7.16. The van der Waals surface area contributed by atoms with Gasteiger partial charge in [-0.2, -0.15) is 13.2 Å². The van der Waals surface area contributed by atoms with E-state index < -0.39 is 11.6 Å². The molecule has 0 radical (unpaired) electrons. The summed E-state index contributed by atoms with van der Waals surface area (Å²) < 4.78 is 45.1. The molecule has 1 aromatic carbocycles. The lowest BCUT2D eigenvalue weighted by molar-refractivity contribution is -0.0330. The number of methoxy groups -OCH3 is 1. The summed E-state index contributed by atoms with van der Waals surface area (Å²) in [5, 5.41) is 3.35. The lowest BCUT2D eigenvalue weighted by Crippen LogP contribution is -2.25. The van der Waals surface area contributed by atoms with Crippen LogP contribution in [0.15, 0.2) is 41.9 Å². The Hall–Kier alpha value is -2.09. The van der Waals surface area contributed by atoms with Crippen LogP contribution in [-0.2, 0) is 17.7 Å². The maximum Gasteiger partial charge on any atom is 0.447 e. The summed E-state index contributed by atoms with van der Waals surface area (Å²) >= 11 is -0.145. The van der Waals surface area contributed by atoms with Crippen molar-refractivity contribution in [2.45, 2.75) is 23.5 Å². The lowest BCUT2D eigenvalue weighted by Gasteiger charge is -2.12. The highest BCUT2D eigenvalue weighted by atomic mass is 32.2. The van der Waals surface area contributed by atoms with Crippen LogP contribution in [-0.4, -0.2) is 29.8 Å². The van der Waals surface area contributed by atoms with E-state index in [1.54, 1.807) is 34.9 Å². The Morgan fingerprint density at radius 3 is 2.75 bits per heavy atom. The van der Waals surface area contributed by atoms with Crippen molar-refractivity contribution >= 4 is 28.8 Å². The molecule has 1 N–H and O–H groups in total. The summed E-state index contributed by atoms with van der Waals surface area (Å²) in [7, 11) is 1.23. The number of alkyl carbamates (subject to hydrolysis) is 1. The second-order valence-electron chi connectivity index (χ2n) is 4.92. The van der Waals surface area contributed by atoms with Gasteiger partial charge in [0.2, 0.25) is 0 Å². The number of carbonyl (C=O) groups excluding carboxylic acids is 1. The van der Waals surface area contributed by atoms with Crippen molar-refractivity contribution in [2.75, 3.05) is 13.7 Å². The largest absolute Gasteiger partial charge is 0.453 e.